The summed E-state index contributed by atoms with van der Waals surface area (Å²) in [5.74, 6) is -0.313. The third-order valence-corrected chi connectivity index (χ3v) is 3.28. The number of aryl methyl sites for hydroxylation is 1. The van der Waals surface area contributed by atoms with E-state index in [0.717, 1.165) is 36.1 Å². The van der Waals surface area contributed by atoms with Gasteiger partial charge in [0.2, 0.25) is 5.88 Å². The maximum Gasteiger partial charge on any atom is 0.341 e. The summed E-state index contributed by atoms with van der Waals surface area (Å²) in [6, 6.07) is 0. The molecule has 4 heteroatoms. The molecule has 0 amide bonds. The first-order chi connectivity index (χ1) is 8.10. The SMILES string of the molecule is CCc1nc(OC)c(C(=O)O)c(C2CC2)c1C. The molecule has 1 aliphatic carbocycles. The largest absolute Gasteiger partial charge is 0.480 e. The maximum absolute atomic E-state index is 11.4. The second kappa shape index (κ2) is 4.35. The van der Waals surface area contributed by atoms with Crippen LogP contribution in [0.25, 0.3) is 0 Å². The Morgan fingerprint density at radius 1 is 1.53 bits per heavy atom. The number of carbonyl (C=O) groups is 1. The molecule has 1 aromatic rings. The zero-order valence-corrected chi connectivity index (χ0v) is 10.4. The van der Waals surface area contributed by atoms with E-state index < -0.39 is 5.97 Å². The molecule has 0 atom stereocenters. The Morgan fingerprint density at radius 3 is 2.59 bits per heavy atom. The predicted molar refractivity (Wildman–Crippen MR) is 63.8 cm³/mol. The smallest absolute Gasteiger partial charge is 0.341 e. The molecule has 1 aliphatic rings. The fourth-order valence-electron chi connectivity index (χ4n) is 2.30. The van der Waals surface area contributed by atoms with Gasteiger partial charge in [0.25, 0.3) is 0 Å². The van der Waals surface area contributed by atoms with E-state index in [0.29, 0.717) is 5.92 Å². The number of aromatic nitrogens is 1. The number of pyridine rings is 1. The molecule has 0 spiro atoms. The van der Waals surface area contributed by atoms with Gasteiger partial charge in [-0.15, -0.1) is 0 Å². The van der Waals surface area contributed by atoms with E-state index in [4.69, 9.17) is 4.74 Å². The zero-order chi connectivity index (χ0) is 12.6. The topological polar surface area (TPSA) is 59.4 Å². The Balaban J connectivity index is 2.69. The highest BCUT2D eigenvalue weighted by Crippen LogP contribution is 2.45. The first-order valence-electron chi connectivity index (χ1n) is 5.90. The van der Waals surface area contributed by atoms with Gasteiger partial charge in [-0.25, -0.2) is 9.78 Å². The number of aromatic carboxylic acids is 1. The van der Waals surface area contributed by atoms with E-state index in [-0.39, 0.29) is 11.4 Å². The summed E-state index contributed by atoms with van der Waals surface area (Å²) in [7, 11) is 1.47. The summed E-state index contributed by atoms with van der Waals surface area (Å²) in [5, 5.41) is 9.32. The normalized spacial score (nSPS) is 14.8. The van der Waals surface area contributed by atoms with Crippen molar-refractivity contribution >= 4 is 5.97 Å². The lowest BCUT2D eigenvalue weighted by Crippen LogP contribution is -2.11. The Morgan fingerprint density at radius 2 is 2.18 bits per heavy atom. The van der Waals surface area contributed by atoms with Crippen LogP contribution in [0.1, 0.15) is 52.9 Å². The second-order valence-electron chi connectivity index (χ2n) is 4.41. The van der Waals surface area contributed by atoms with Crippen molar-refractivity contribution in [1.29, 1.82) is 0 Å². The molecule has 0 saturated heterocycles. The number of methoxy groups -OCH3 is 1. The molecule has 0 aliphatic heterocycles. The third-order valence-electron chi connectivity index (χ3n) is 3.28. The van der Waals surface area contributed by atoms with Crippen molar-refractivity contribution < 1.29 is 14.6 Å². The van der Waals surface area contributed by atoms with Crippen molar-refractivity contribution in [2.45, 2.75) is 39.0 Å². The maximum atomic E-state index is 11.4. The molecule has 0 bridgehead atoms. The third kappa shape index (κ3) is 1.99. The minimum atomic E-state index is -0.943. The molecule has 1 heterocycles. The highest BCUT2D eigenvalue weighted by atomic mass is 16.5. The molecule has 1 N–H and O–H groups in total. The van der Waals surface area contributed by atoms with Crippen LogP contribution in [0.2, 0.25) is 0 Å². The summed E-state index contributed by atoms with van der Waals surface area (Å²) in [6.45, 7) is 3.98. The number of carboxylic acid groups (broad SMARTS) is 1. The van der Waals surface area contributed by atoms with E-state index in [9.17, 15) is 9.90 Å². The van der Waals surface area contributed by atoms with Crippen LogP contribution in [0.3, 0.4) is 0 Å². The minimum Gasteiger partial charge on any atom is -0.480 e. The predicted octanol–water partition coefficient (Wildman–Crippen LogP) is 2.54. The minimum absolute atomic E-state index is 0.252. The Labute approximate surface area is 101 Å². The molecule has 92 valence electrons. The van der Waals surface area contributed by atoms with E-state index in [2.05, 4.69) is 4.98 Å². The van der Waals surface area contributed by atoms with Gasteiger partial charge in [0.1, 0.15) is 5.56 Å². The Kier molecular flexibility index (Phi) is 3.05. The molecule has 0 radical (unpaired) electrons. The molecule has 2 rings (SSSR count). The lowest BCUT2D eigenvalue weighted by Gasteiger charge is -2.15. The van der Waals surface area contributed by atoms with Crippen LogP contribution in [0.15, 0.2) is 0 Å². The van der Waals surface area contributed by atoms with Crippen LogP contribution in [0.4, 0.5) is 0 Å². The van der Waals surface area contributed by atoms with Crippen LogP contribution in [0, 0.1) is 6.92 Å². The van der Waals surface area contributed by atoms with Gasteiger partial charge < -0.3 is 9.84 Å². The van der Waals surface area contributed by atoms with Crippen molar-refractivity contribution in [3.05, 3.63) is 22.4 Å². The molecular weight excluding hydrogens is 218 g/mol. The van der Waals surface area contributed by atoms with E-state index in [1.165, 1.54) is 7.11 Å². The fraction of sp³-hybridized carbons (Fsp3) is 0.538. The monoisotopic (exact) mass is 235 g/mol. The number of hydrogen-bond acceptors (Lipinski definition) is 3. The van der Waals surface area contributed by atoms with Crippen LogP contribution >= 0.6 is 0 Å². The van der Waals surface area contributed by atoms with Gasteiger partial charge in [-0.05, 0) is 43.2 Å². The molecule has 1 saturated carbocycles. The molecule has 1 fully saturated rings. The number of carboxylic acids is 1. The molecule has 1 aromatic heterocycles. The fourth-order valence-corrected chi connectivity index (χ4v) is 2.30. The number of hydrogen-bond donors (Lipinski definition) is 1. The van der Waals surface area contributed by atoms with Crippen LogP contribution in [0.5, 0.6) is 5.88 Å². The molecule has 17 heavy (non-hydrogen) atoms. The van der Waals surface area contributed by atoms with Gasteiger partial charge in [0.15, 0.2) is 0 Å². The lowest BCUT2D eigenvalue weighted by molar-refractivity contribution is 0.0691. The molecule has 0 unspecified atom stereocenters. The van der Waals surface area contributed by atoms with E-state index in [1.54, 1.807) is 0 Å². The Bertz CT molecular complexity index is 464. The van der Waals surface area contributed by atoms with Crippen LogP contribution in [-0.2, 0) is 6.42 Å². The van der Waals surface area contributed by atoms with Crippen molar-refractivity contribution in [1.82, 2.24) is 4.98 Å². The number of nitrogens with zero attached hydrogens (tertiary/aromatic N) is 1. The van der Waals surface area contributed by atoms with E-state index >= 15 is 0 Å². The average molecular weight is 235 g/mol. The van der Waals surface area contributed by atoms with Crippen molar-refractivity contribution in [3.63, 3.8) is 0 Å². The quantitative estimate of drug-likeness (QED) is 0.871. The number of rotatable bonds is 4. The summed E-state index contributed by atoms with van der Waals surface area (Å²) < 4.78 is 5.13. The Hall–Kier alpha value is -1.58. The van der Waals surface area contributed by atoms with Crippen molar-refractivity contribution in [2.24, 2.45) is 0 Å². The van der Waals surface area contributed by atoms with Gasteiger partial charge >= 0.3 is 5.97 Å². The van der Waals surface area contributed by atoms with Gasteiger partial charge in [0, 0.05) is 5.69 Å². The van der Waals surface area contributed by atoms with Crippen LogP contribution in [-0.4, -0.2) is 23.2 Å². The summed E-state index contributed by atoms with van der Waals surface area (Å²) in [4.78, 5) is 15.7. The zero-order valence-electron chi connectivity index (χ0n) is 10.4. The number of ether oxygens (including phenoxy) is 1. The lowest BCUT2D eigenvalue weighted by atomic mass is 9.96. The molecular formula is C13H17NO3. The van der Waals surface area contributed by atoms with Crippen LogP contribution < -0.4 is 4.74 Å². The van der Waals surface area contributed by atoms with Crippen molar-refractivity contribution in [2.75, 3.05) is 7.11 Å². The summed E-state index contributed by atoms with van der Waals surface area (Å²) in [6.07, 6.45) is 2.93. The highest BCUT2D eigenvalue weighted by Gasteiger charge is 2.33. The second-order valence-corrected chi connectivity index (χ2v) is 4.41. The molecule has 4 nitrogen and oxygen atoms in total. The van der Waals surface area contributed by atoms with Gasteiger partial charge in [-0.3, -0.25) is 0 Å². The highest BCUT2D eigenvalue weighted by molar-refractivity contribution is 5.93. The first-order valence-corrected chi connectivity index (χ1v) is 5.90. The van der Waals surface area contributed by atoms with Gasteiger partial charge in [-0.1, -0.05) is 6.92 Å². The molecule has 0 aromatic carbocycles. The standard InChI is InChI=1S/C13H17NO3/c1-4-9-7(2)10(8-5-6-8)11(13(15)16)12(14-9)17-3/h8H,4-6H2,1-3H3,(H,15,16). The summed E-state index contributed by atoms with van der Waals surface area (Å²) >= 11 is 0. The first kappa shape index (κ1) is 11.9. The van der Waals surface area contributed by atoms with Crippen molar-refractivity contribution in [3.8, 4) is 5.88 Å². The van der Waals surface area contributed by atoms with Gasteiger partial charge in [-0.2, -0.15) is 0 Å². The summed E-state index contributed by atoms with van der Waals surface area (Å²) in [5.41, 5.74) is 3.15. The average Bonchev–Trinajstić information content (AvgIpc) is 3.12. The van der Waals surface area contributed by atoms with E-state index in [1.807, 2.05) is 13.8 Å². The van der Waals surface area contributed by atoms with Gasteiger partial charge in [0.05, 0.1) is 7.11 Å².